The van der Waals surface area contributed by atoms with Gasteiger partial charge in [0, 0.05) is 12.6 Å². The van der Waals surface area contributed by atoms with Gasteiger partial charge in [-0.05, 0) is 6.07 Å². The van der Waals surface area contributed by atoms with Crippen LogP contribution in [0, 0.1) is 11.6 Å². The highest BCUT2D eigenvalue weighted by atomic mass is 19.1. The zero-order valence-electron chi connectivity index (χ0n) is 9.96. The lowest BCUT2D eigenvalue weighted by Crippen LogP contribution is -2.45. The molecule has 102 valence electrons. The molecule has 1 saturated heterocycles. The van der Waals surface area contributed by atoms with E-state index in [9.17, 15) is 13.2 Å². The van der Waals surface area contributed by atoms with Crippen LogP contribution in [0.4, 0.5) is 13.2 Å². The molecule has 3 nitrogen and oxygen atoms in total. The van der Waals surface area contributed by atoms with E-state index in [1.165, 1.54) is 12.3 Å². The lowest BCUT2D eigenvalue weighted by Gasteiger charge is -2.31. The van der Waals surface area contributed by atoms with Crippen LogP contribution in [0.25, 0.3) is 11.0 Å². The van der Waals surface area contributed by atoms with E-state index in [1.54, 1.807) is 0 Å². The van der Waals surface area contributed by atoms with Crippen molar-refractivity contribution >= 4 is 11.0 Å². The number of ether oxygens (including phenoxy) is 1. The Kier molecular flexibility index (Phi) is 3.20. The van der Waals surface area contributed by atoms with Gasteiger partial charge >= 0.3 is 0 Å². The summed E-state index contributed by atoms with van der Waals surface area (Å²) in [6.45, 7) is -0.0152. The Morgan fingerprint density at radius 3 is 3.00 bits per heavy atom. The maximum Gasteiger partial charge on any atom is 0.143 e. The third-order valence-electron chi connectivity index (χ3n) is 3.31. The molecular weight excluding hydrogens is 259 g/mol. The maximum atomic E-state index is 14.3. The van der Waals surface area contributed by atoms with Gasteiger partial charge in [0.25, 0.3) is 0 Å². The summed E-state index contributed by atoms with van der Waals surface area (Å²) in [4.78, 5) is 0. The Hall–Kier alpha value is -1.53. The van der Waals surface area contributed by atoms with Crippen molar-refractivity contribution in [1.29, 1.82) is 0 Å². The first-order valence-electron chi connectivity index (χ1n) is 5.98. The monoisotopic (exact) mass is 271 g/mol. The SMILES string of the molecule is FCC1NCCOC1c1c(F)cc2occc2c1F. The number of hydrogen-bond acceptors (Lipinski definition) is 3. The summed E-state index contributed by atoms with van der Waals surface area (Å²) in [7, 11) is 0. The van der Waals surface area contributed by atoms with Crippen molar-refractivity contribution in [2.45, 2.75) is 12.1 Å². The summed E-state index contributed by atoms with van der Waals surface area (Å²) < 4.78 is 51.6. The second kappa shape index (κ2) is 4.86. The first-order valence-corrected chi connectivity index (χ1v) is 5.98. The van der Waals surface area contributed by atoms with Crippen LogP contribution in [0.15, 0.2) is 22.8 Å². The fraction of sp³-hybridized carbons (Fsp3) is 0.385. The minimum Gasteiger partial charge on any atom is -0.464 e. The number of benzene rings is 1. The molecule has 0 radical (unpaired) electrons. The number of morpholine rings is 1. The van der Waals surface area contributed by atoms with Crippen molar-refractivity contribution in [1.82, 2.24) is 5.32 Å². The molecule has 19 heavy (non-hydrogen) atoms. The summed E-state index contributed by atoms with van der Waals surface area (Å²) in [6, 6.07) is 1.76. The Morgan fingerprint density at radius 2 is 2.21 bits per heavy atom. The van der Waals surface area contributed by atoms with Gasteiger partial charge in [0.1, 0.15) is 30.0 Å². The molecule has 1 N–H and O–H groups in total. The average Bonchev–Trinajstić information content (AvgIpc) is 2.87. The van der Waals surface area contributed by atoms with Gasteiger partial charge in [0.05, 0.1) is 29.9 Å². The van der Waals surface area contributed by atoms with Crippen LogP contribution >= 0.6 is 0 Å². The maximum absolute atomic E-state index is 14.3. The van der Waals surface area contributed by atoms with E-state index in [0.717, 1.165) is 6.07 Å². The molecule has 0 spiro atoms. The van der Waals surface area contributed by atoms with Gasteiger partial charge in [-0.15, -0.1) is 0 Å². The zero-order valence-corrected chi connectivity index (χ0v) is 9.96. The van der Waals surface area contributed by atoms with E-state index in [2.05, 4.69) is 5.32 Å². The van der Waals surface area contributed by atoms with Crippen molar-refractivity contribution in [3.63, 3.8) is 0 Å². The average molecular weight is 271 g/mol. The summed E-state index contributed by atoms with van der Waals surface area (Å²) in [5.41, 5.74) is -0.122. The van der Waals surface area contributed by atoms with Crippen molar-refractivity contribution in [3.05, 3.63) is 35.6 Å². The van der Waals surface area contributed by atoms with Gasteiger partial charge in [-0.1, -0.05) is 0 Å². The third kappa shape index (κ3) is 2.01. The molecule has 6 heteroatoms. The summed E-state index contributed by atoms with van der Waals surface area (Å²) in [6.07, 6.45) is 0.307. The van der Waals surface area contributed by atoms with Crippen LogP contribution in [0.5, 0.6) is 0 Å². The molecule has 1 fully saturated rings. The second-order valence-electron chi connectivity index (χ2n) is 4.42. The highest BCUT2D eigenvalue weighted by Crippen LogP contribution is 2.33. The Labute approximate surface area is 107 Å². The highest BCUT2D eigenvalue weighted by molar-refractivity contribution is 5.79. The van der Waals surface area contributed by atoms with E-state index in [1.807, 2.05) is 0 Å². The van der Waals surface area contributed by atoms with Crippen molar-refractivity contribution < 1.29 is 22.3 Å². The van der Waals surface area contributed by atoms with E-state index >= 15 is 0 Å². The Bertz CT molecular complexity index is 599. The molecule has 2 heterocycles. The quantitative estimate of drug-likeness (QED) is 0.912. The highest BCUT2D eigenvalue weighted by Gasteiger charge is 2.33. The van der Waals surface area contributed by atoms with E-state index < -0.39 is 30.5 Å². The molecule has 0 aliphatic carbocycles. The van der Waals surface area contributed by atoms with Crippen LogP contribution in [0.3, 0.4) is 0 Å². The number of nitrogens with one attached hydrogen (secondary N) is 1. The van der Waals surface area contributed by atoms with Crippen molar-refractivity contribution in [2.75, 3.05) is 19.8 Å². The largest absolute Gasteiger partial charge is 0.464 e. The standard InChI is InChI=1S/C13H12F3NO2/c14-6-9-13(19-4-2-17-9)11-8(15)5-10-7(12(11)16)1-3-18-10/h1,3,5,9,13,17H,2,4,6H2. The number of alkyl halides is 1. The molecule has 0 saturated carbocycles. The number of furan rings is 1. The summed E-state index contributed by atoms with van der Waals surface area (Å²) in [5.74, 6) is -1.54. The van der Waals surface area contributed by atoms with Crippen molar-refractivity contribution in [2.24, 2.45) is 0 Å². The number of rotatable bonds is 2. The molecule has 1 aliphatic heterocycles. The molecule has 3 rings (SSSR count). The van der Waals surface area contributed by atoms with E-state index in [-0.39, 0.29) is 23.1 Å². The third-order valence-corrected chi connectivity index (χ3v) is 3.31. The van der Waals surface area contributed by atoms with Gasteiger partial charge in [-0.2, -0.15) is 0 Å². The first-order chi connectivity index (χ1) is 9.22. The number of halogens is 3. The van der Waals surface area contributed by atoms with Crippen LogP contribution in [-0.4, -0.2) is 25.9 Å². The molecule has 2 atom stereocenters. The van der Waals surface area contributed by atoms with Crippen LogP contribution in [0.2, 0.25) is 0 Å². The van der Waals surface area contributed by atoms with E-state index in [0.29, 0.717) is 6.54 Å². The zero-order chi connectivity index (χ0) is 13.4. The molecule has 2 aromatic rings. The minimum atomic E-state index is -0.974. The van der Waals surface area contributed by atoms with Gasteiger partial charge in [0.2, 0.25) is 0 Å². The molecular formula is C13H12F3NO2. The molecule has 0 bridgehead atoms. The molecule has 1 aromatic carbocycles. The van der Waals surface area contributed by atoms with Crippen LogP contribution in [0.1, 0.15) is 11.7 Å². The summed E-state index contributed by atoms with van der Waals surface area (Å²) >= 11 is 0. The van der Waals surface area contributed by atoms with Gasteiger partial charge in [0.15, 0.2) is 0 Å². The number of fused-ring (bicyclic) bond motifs is 1. The van der Waals surface area contributed by atoms with E-state index in [4.69, 9.17) is 9.15 Å². The fourth-order valence-corrected chi connectivity index (χ4v) is 2.39. The predicted molar refractivity (Wildman–Crippen MR) is 62.6 cm³/mol. The van der Waals surface area contributed by atoms with Gasteiger partial charge in [-0.25, -0.2) is 13.2 Å². The Balaban J connectivity index is 2.12. The fourth-order valence-electron chi connectivity index (χ4n) is 2.39. The molecule has 2 unspecified atom stereocenters. The minimum absolute atomic E-state index is 0.124. The lowest BCUT2D eigenvalue weighted by molar-refractivity contribution is -0.0156. The topological polar surface area (TPSA) is 34.4 Å². The molecule has 1 aliphatic rings. The molecule has 0 amide bonds. The van der Waals surface area contributed by atoms with Gasteiger partial charge < -0.3 is 14.5 Å². The smallest absolute Gasteiger partial charge is 0.143 e. The number of hydrogen-bond donors (Lipinski definition) is 1. The normalized spacial score (nSPS) is 23.9. The summed E-state index contributed by atoms with van der Waals surface area (Å²) in [5, 5.41) is 3.03. The van der Waals surface area contributed by atoms with Gasteiger partial charge in [-0.3, -0.25) is 0 Å². The molecule has 1 aromatic heterocycles. The first kappa shape index (κ1) is 12.5. The van der Waals surface area contributed by atoms with Crippen LogP contribution in [-0.2, 0) is 4.74 Å². The predicted octanol–water partition coefficient (Wildman–Crippen LogP) is 2.71. The lowest BCUT2D eigenvalue weighted by atomic mass is 9.99. The Morgan fingerprint density at radius 1 is 1.37 bits per heavy atom. The van der Waals surface area contributed by atoms with Crippen LogP contribution < -0.4 is 5.32 Å². The second-order valence-corrected chi connectivity index (χ2v) is 4.42. The van der Waals surface area contributed by atoms with Crippen molar-refractivity contribution in [3.8, 4) is 0 Å².